The minimum atomic E-state index is -0.763. The summed E-state index contributed by atoms with van der Waals surface area (Å²) in [7, 11) is 0. The van der Waals surface area contributed by atoms with Crippen LogP contribution in [0.2, 0.25) is 0 Å². The van der Waals surface area contributed by atoms with Crippen molar-refractivity contribution in [1.82, 2.24) is 0 Å². The van der Waals surface area contributed by atoms with Crippen LogP contribution in [0, 0.1) is 5.92 Å². The molecule has 0 heterocycles. The van der Waals surface area contributed by atoms with Crippen molar-refractivity contribution in [3.05, 3.63) is 0 Å². The normalized spacial score (nSPS) is 12.3. The van der Waals surface area contributed by atoms with E-state index in [0.717, 1.165) is 63.7 Å². The highest BCUT2D eigenvalue weighted by molar-refractivity contribution is 5.71. The van der Waals surface area contributed by atoms with Gasteiger partial charge in [-0.2, -0.15) is 0 Å². The van der Waals surface area contributed by atoms with Crippen molar-refractivity contribution in [3.8, 4) is 0 Å². The van der Waals surface area contributed by atoms with Crippen molar-refractivity contribution in [2.45, 2.75) is 374 Å². The molecule has 0 saturated heterocycles. The number of ether oxygens (including phenoxy) is 3. The lowest BCUT2D eigenvalue weighted by Crippen LogP contribution is -2.30. The number of esters is 3. The van der Waals surface area contributed by atoms with Crippen molar-refractivity contribution in [3.63, 3.8) is 0 Å². The fourth-order valence-corrected chi connectivity index (χ4v) is 9.95. The largest absolute Gasteiger partial charge is 0.462 e. The number of carbonyl (C=O) groups is 3. The van der Waals surface area contributed by atoms with Crippen molar-refractivity contribution < 1.29 is 28.6 Å². The molecule has 0 fully saturated rings. The van der Waals surface area contributed by atoms with E-state index >= 15 is 0 Å². The second-order valence-corrected chi connectivity index (χ2v) is 22.3. The molecule has 416 valence electrons. The molecule has 0 aliphatic rings. The molecule has 0 rings (SSSR count). The molecule has 0 amide bonds. The van der Waals surface area contributed by atoms with Crippen LogP contribution in [-0.4, -0.2) is 37.2 Å². The Labute approximate surface area is 438 Å². The molecule has 0 aliphatic heterocycles. The molecule has 6 nitrogen and oxygen atoms in total. The van der Waals surface area contributed by atoms with Gasteiger partial charge in [0.2, 0.25) is 0 Å². The van der Waals surface area contributed by atoms with Crippen molar-refractivity contribution in [1.29, 1.82) is 0 Å². The fourth-order valence-electron chi connectivity index (χ4n) is 9.95. The van der Waals surface area contributed by atoms with E-state index in [4.69, 9.17) is 14.2 Å². The van der Waals surface area contributed by atoms with E-state index in [1.165, 1.54) is 263 Å². The zero-order valence-electron chi connectivity index (χ0n) is 48.0. The predicted molar refractivity (Wildman–Crippen MR) is 303 cm³/mol. The average molecular weight is 990 g/mol. The lowest BCUT2D eigenvalue weighted by atomic mass is 9.99. The Morgan fingerprint density at radius 2 is 0.500 bits per heavy atom. The summed E-state index contributed by atoms with van der Waals surface area (Å²) < 4.78 is 17.0. The third kappa shape index (κ3) is 55.7. The number of hydrogen-bond donors (Lipinski definition) is 0. The Morgan fingerprint density at radius 3 is 0.743 bits per heavy atom. The summed E-state index contributed by atoms with van der Waals surface area (Å²) in [6.45, 7) is 9.12. The SMILES string of the molecule is CCCCCCCCCCCCCCCCCCCCC(=O)OC[C@@H](COC(=O)CCCCCCCCCCCCCCCCC(C)CC)OC(=O)CCCCCCCCCCCCCCCCCC. The Balaban J connectivity index is 4.29. The van der Waals surface area contributed by atoms with Gasteiger partial charge in [0.1, 0.15) is 13.2 Å². The van der Waals surface area contributed by atoms with Gasteiger partial charge < -0.3 is 14.2 Å². The molecule has 2 atom stereocenters. The monoisotopic (exact) mass is 989 g/mol. The highest BCUT2D eigenvalue weighted by Gasteiger charge is 2.19. The maximum absolute atomic E-state index is 12.9. The molecule has 0 spiro atoms. The minimum Gasteiger partial charge on any atom is -0.462 e. The Kier molecular flexibility index (Phi) is 57.0. The van der Waals surface area contributed by atoms with Gasteiger partial charge in [0, 0.05) is 19.3 Å². The van der Waals surface area contributed by atoms with E-state index in [2.05, 4.69) is 27.7 Å². The van der Waals surface area contributed by atoms with E-state index in [1.54, 1.807) is 0 Å². The smallest absolute Gasteiger partial charge is 0.306 e. The highest BCUT2D eigenvalue weighted by Crippen LogP contribution is 2.19. The predicted octanol–water partition coefficient (Wildman–Crippen LogP) is 21.4. The van der Waals surface area contributed by atoms with Crippen LogP contribution in [0.3, 0.4) is 0 Å². The summed E-state index contributed by atoms with van der Waals surface area (Å²) in [4.78, 5) is 38.3. The lowest BCUT2D eigenvalue weighted by Gasteiger charge is -2.18. The van der Waals surface area contributed by atoms with Gasteiger partial charge in [0.15, 0.2) is 6.10 Å². The first kappa shape index (κ1) is 68.4. The van der Waals surface area contributed by atoms with Gasteiger partial charge in [0.05, 0.1) is 0 Å². The van der Waals surface area contributed by atoms with Gasteiger partial charge in [-0.3, -0.25) is 14.4 Å². The summed E-state index contributed by atoms with van der Waals surface area (Å²) in [5.74, 6) is 0.0684. The fraction of sp³-hybridized carbons (Fsp3) is 0.953. The zero-order chi connectivity index (χ0) is 50.9. The van der Waals surface area contributed by atoms with Crippen LogP contribution in [0.25, 0.3) is 0 Å². The van der Waals surface area contributed by atoms with Gasteiger partial charge in [-0.15, -0.1) is 0 Å². The number of carbonyl (C=O) groups excluding carboxylic acids is 3. The maximum atomic E-state index is 12.9. The second kappa shape index (κ2) is 58.3. The van der Waals surface area contributed by atoms with Crippen LogP contribution < -0.4 is 0 Å². The second-order valence-electron chi connectivity index (χ2n) is 22.3. The topological polar surface area (TPSA) is 78.9 Å². The van der Waals surface area contributed by atoms with Crippen LogP contribution in [0.4, 0.5) is 0 Å². The standard InChI is InChI=1S/C64H124O6/c1-5-8-10-12-14-16-18-20-22-24-25-27-31-35-39-43-47-51-55-62(65)68-58-61(70-64(67)57-53-49-45-41-37-33-26-23-21-19-17-15-13-11-9-6-2)59-69-63(66)56-52-48-44-40-36-32-29-28-30-34-38-42-46-50-54-60(4)7-3/h60-61H,5-59H2,1-4H3/t60?,61-/m0/s1. The van der Waals surface area contributed by atoms with Crippen molar-refractivity contribution >= 4 is 17.9 Å². The molecule has 0 radical (unpaired) electrons. The van der Waals surface area contributed by atoms with E-state index in [-0.39, 0.29) is 31.1 Å². The number of rotatable bonds is 59. The molecule has 6 heteroatoms. The van der Waals surface area contributed by atoms with Crippen molar-refractivity contribution in [2.24, 2.45) is 5.92 Å². The quantitative estimate of drug-likeness (QED) is 0.0343. The Bertz CT molecular complexity index is 1060. The Morgan fingerprint density at radius 1 is 0.286 bits per heavy atom. The third-order valence-corrected chi connectivity index (χ3v) is 15.2. The molecular formula is C64H124O6. The number of unbranched alkanes of at least 4 members (excludes halogenated alkanes) is 45. The maximum Gasteiger partial charge on any atom is 0.306 e. The first-order valence-electron chi connectivity index (χ1n) is 31.9. The summed E-state index contributed by atoms with van der Waals surface area (Å²) in [5.41, 5.74) is 0. The first-order chi connectivity index (χ1) is 34.4. The molecule has 0 bridgehead atoms. The molecule has 0 aromatic carbocycles. The molecule has 0 aromatic rings. The minimum absolute atomic E-state index is 0.0611. The molecule has 0 N–H and O–H groups in total. The van der Waals surface area contributed by atoms with Crippen molar-refractivity contribution in [2.75, 3.05) is 13.2 Å². The van der Waals surface area contributed by atoms with E-state index < -0.39 is 6.10 Å². The van der Waals surface area contributed by atoms with Crippen LogP contribution in [0.5, 0.6) is 0 Å². The van der Waals surface area contributed by atoms with Gasteiger partial charge in [0.25, 0.3) is 0 Å². The molecule has 70 heavy (non-hydrogen) atoms. The van der Waals surface area contributed by atoms with E-state index in [0.29, 0.717) is 19.3 Å². The molecule has 0 saturated carbocycles. The van der Waals surface area contributed by atoms with Gasteiger partial charge in [-0.25, -0.2) is 0 Å². The van der Waals surface area contributed by atoms with Gasteiger partial charge in [-0.05, 0) is 25.2 Å². The molecule has 0 aliphatic carbocycles. The summed E-state index contributed by atoms with van der Waals surface area (Å²) in [5, 5.41) is 0. The molecular weight excluding hydrogens is 865 g/mol. The van der Waals surface area contributed by atoms with E-state index in [1.807, 2.05) is 0 Å². The third-order valence-electron chi connectivity index (χ3n) is 15.2. The lowest BCUT2D eigenvalue weighted by molar-refractivity contribution is -0.167. The highest BCUT2D eigenvalue weighted by atomic mass is 16.6. The van der Waals surface area contributed by atoms with Gasteiger partial charge >= 0.3 is 17.9 Å². The average Bonchev–Trinajstić information content (AvgIpc) is 3.36. The number of hydrogen-bond acceptors (Lipinski definition) is 6. The van der Waals surface area contributed by atoms with Crippen LogP contribution in [0.15, 0.2) is 0 Å². The zero-order valence-corrected chi connectivity index (χ0v) is 48.0. The summed E-state index contributed by atoms with van der Waals surface area (Å²) in [6.07, 6.45) is 65.2. The summed E-state index contributed by atoms with van der Waals surface area (Å²) >= 11 is 0. The first-order valence-corrected chi connectivity index (χ1v) is 31.9. The van der Waals surface area contributed by atoms with Crippen LogP contribution in [0.1, 0.15) is 368 Å². The van der Waals surface area contributed by atoms with Crippen LogP contribution in [-0.2, 0) is 28.6 Å². The molecule has 0 aromatic heterocycles. The Hall–Kier alpha value is -1.59. The van der Waals surface area contributed by atoms with Crippen LogP contribution >= 0.6 is 0 Å². The molecule has 1 unspecified atom stereocenters. The van der Waals surface area contributed by atoms with E-state index in [9.17, 15) is 14.4 Å². The van der Waals surface area contributed by atoms with Gasteiger partial charge in [-0.1, -0.05) is 329 Å². The summed E-state index contributed by atoms with van der Waals surface area (Å²) in [6, 6.07) is 0.